The van der Waals surface area contributed by atoms with Gasteiger partial charge in [-0.1, -0.05) is 12.5 Å². The molecule has 1 atom stereocenters. The van der Waals surface area contributed by atoms with Crippen molar-refractivity contribution in [2.24, 2.45) is 5.92 Å². The molecule has 0 N–H and O–H groups in total. The predicted octanol–water partition coefficient (Wildman–Crippen LogP) is 3.48. The highest BCUT2D eigenvalue weighted by molar-refractivity contribution is 6.00. The molecular weight excluding hydrogens is 290 g/mol. The Bertz CT molecular complexity index is 568. The molecule has 1 amide bonds. The van der Waals surface area contributed by atoms with E-state index in [1.807, 2.05) is 24.0 Å². The fourth-order valence-corrected chi connectivity index (χ4v) is 3.25. The molecule has 1 fully saturated rings. The SMILES string of the molecule is COCC[C@@H]1CCCCN(C(=O)c2ccc(C)c(C(C)=O)c2)C1. The lowest BCUT2D eigenvalue weighted by atomic mass is 9.99. The van der Waals surface area contributed by atoms with Crippen LogP contribution in [0.5, 0.6) is 0 Å². The van der Waals surface area contributed by atoms with E-state index in [2.05, 4.69) is 0 Å². The van der Waals surface area contributed by atoms with Crippen LogP contribution in [0.2, 0.25) is 0 Å². The number of ether oxygens (including phenoxy) is 1. The molecule has 4 heteroatoms. The maximum absolute atomic E-state index is 12.8. The molecule has 1 aliphatic rings. The van der Waals surface area contributed by atoms with Crippen molar-refractivity contribution in [1.29, 1.82) is 0 Å². The fourth-order valence-electron chi connectivity index (χ4n) is 3.25. The Kier molecular flexibility index (Phi) is 6.34. The highest BCUT2D eigenvalue weighted by Gasteiger charge is 2.23. The summed E-state index contributed by atoms with van der Waals surface area (Å²) < 4.78 is 5.18. The average molecular weight is 317 g/mol. The monoisotopic (exact) mass is 317 g/mol. The van der Waals surface area contributed by atoms with Gasteiger partial charge in [-0.25, -0.2) is 0 Å². The summed E-state index contributed by atoms with van der Waals surface area (Å²) in [6.45, 7) is 5.77. The lowest BCUT2D eigenvalue weighted by Crippen LogP contribution is -2.35. The number of rotatable bonds is 5. The van der Waals surface area contributed by atoms with Crippen LogP contribution in [0, 0.1) is 12.8 Å². The molecule has 2 rings (SSSR count). The van der Waals surface area contributed by atoms with Gasteiger partial charge in [-0.3, -0.25) is 9.59 Å². The van der Waals surface area contributed by atoms with Gasteiger partial charge in [0.25, 0.3) is 5.91 Å². The number of aryl methyl sites for hydroxylation is 1. The molecule has 4 nitrogen and oxygen atoms in total. The van der Waals surface area contributed by atoms with Crippen LogP contribution in [-0.2, 0) is 4.74 Å². The topological polar surface area (TPSA) is 46.6 Å². The van der Waals surface area contributed by atoms with Crippen LogP contribution in [-0.4, -0.2) is 43.4 Å². The minimum atomic E-state index is 0.00554. The molecule has 23 heavy (non-hydrogen) atoms. The summed E-state index contributed by atoms with van der Waals surface area (Å²) in [4.78, 5) is 26.5. The summed E-state index contributed by atoms with van der Waals surface area (Å²) >= 11 is 0. The van der Waals surface area contributed by atoms with Gasteiger partial charge in [0.1, 0.15) is 0 Å². The molecule has 1 aromatic carbocycles. The first-order chi connectivity index (χ1) is 11.0. The molecule has 0 unspecified atom stereocenters. The number of benzene rings is 1. The van der Waals surface area contributed by atoms with E-state index in [-0.39, 0.29) is 11.7 Å². The molecule has 1 aromatic rings. The van der Waals surface area contributed by atoms with E-state index in [0.29, 0.717) is 17.0 Å². The van der Waals surface area contributed by atoms with Crippen molar-refractivity contribution >= 4 is 11.7 Å². The van der Waals surface area contributed by atoms with Crippen molar-refractivity contribution in [3.8, 4) is 0 Å². The van der Waals surface area contributed by atoms with Crippen molar-refractivity contribution in [1.82, 2.24) is 4.90 Å². The van der Waals surface area contributed by atoms with Crippen LogP contribution in [0.4, 0.5) is 0 Å². The Labute approximate surface area is 138 Å². The number of likely N-dealkylation sites (tertiary alicyclic amines) is 1. The number of hydrogen-bond acceptors (Lipinski definition) is 3. The third-order valence-corrected chi connectivity index (χ3v) is 4.65. The highest BCUT2D eigenvalue weighted by Crippen LogP contribution is 2.22. The Hall–Kier alpha value is -1.68. The van der Waals surface area contributed by atoms with E-state index in [0.717, 1.165) is 50.9 Å². The molecule has 0 aromatic heterocycles. The van der Waals surface area contributed by atoms with Gasteiger partial charge in [-0.05, 0) is 56.7 Å². The molecule has 1 aliphatic heterocycles. The minimum Gasteiger partial charge on any atom is -0.385 e. The van der Waals surface area contributed by atoms with Gasteiger partial charge in [0.15, 0.2) is 5.78 Å². The number of Topliss-reactive ketones (excluding diaryl/α,β-unsaturated/α-hetero) is 1. The molecule has 0 bridgehead atoms. The Morgan fingerprint density at radius 2 is 2.09 bits per heavy atom. The van der Waals surface area contributed by atoms with Crippen molar-refractivity contribution < 1.29 is 14.3 Å². The molecule has 0 aliphatic carbocycles. The number of carbonyl (C=O) groups excluding carboxylic acids is 2. The maximum Gasteiger partial charge on any atom is 0.253 e. The Morgan fingerprint density at radius 3 is 2.78 bits per heavy atom. The van der Waals surface area contributed by atoms with E-state index < -0.39 is 0 Å². The standard InChI is InChI=1S/C19H27NO3/c1-14-7-8-17(12-18(14)15(2)21)19(22)20-10-5-4-6-16(13-20)9-11-23-3/h7-8,12,16H,4-6,9-11,13H2,1-3H3/t16-/m0/s1. The van der Waals surface area contributed by atoms with Gasteiger partial charge in [-0.2, -0.15) is 0 Å². The van der Waals surface area contributed by atoms with Crippen molar-refractivity contribution in [2.45, 2.75) is 39.5 Å². The summed E-state index contributed by atoms with van der Waals surface area (Å²) in [5.74, 6) is 0.543. The van der Waals surface area contributed by atoms with E-state index in [4.69, 9.17) is 4.74 Å². The first kappa shape index (κ1) is 17.7. The van der Waals surface area contributed by atoms with Crippen molar-refractivity contribution in [3.05, 3.63) is 34.9 Å². The largest absolute Gasteiger partial charge is 0.385 e. The lowest BCUT2D eigenvalue weighted by molar-refractivity contribution is 0.0728. The van der Waals surface area contributed by atoms with Gasteiger partial charge in [0.05, 0.1) is 0 Å². The Morgan fingerprint density at radius 1 is 1.30 bits per heavy atom. The smallest absolute Gasteiger partial charge is 0.253 e. The molecule has 126 valence electrons. The highest BCUT2D eigenvalue weighted by atomic mass is 16.5. The third kappa shape index (κ3) is 4.64. The van der Waals surface area contributed by atoms with E-state index >= 15 is 0 Å². The zero-order valence-electron chi connectivity index (χ0n) is 14.4. The number of nitrogens with zero attached hydrogens (tertiary/aromatic N) is 1. The van der Waals surface area contributed by atoms with Gasteiger partial charge in [-0.15, -0.1) is 0 Å². The molecular formula is C19H27NO3. The second-order valence-corrected chi connectivity index (χ2v) is 6.48. The van der Waals surface area contributed by atoms with Crippen LogP contribution in [0.3, 0.4) is 0 Å². The summed E-state index contributed by atoms with van der Waals surface area (Å²) in [7, 11) is 1.72. The quantitative estimate of drug-likeness (QED) is 0.781. The summed E-state index contributed by atoms with van der Waals surface area (Å²) in [6, 6.07) is 5.44. The minimum absolute atomic E-state index is 0.00554. The molecule has 0 spiro atoms. The van der Waals surface area contributed by atoms with Gasteiger partial charge >= 0.3 is 0 Å². The van der Waals surface area contributed by atoms with Crippen LogP contribution < -0.4 is 0 Å². The Balaban J connectivity index is 2.14. The summed E-state index contributed by atoms with van der Waals surface area (Å²) in [5.41, 5.74) is 2.18. The zero-order valence-corrected chi connectivity index (χ0v) is 14.4. The third-order valence-electron chi connectivity index (χ3n) is 4.65. The lowest BCUT2D eigenvalue weighted by Gasteiger charge is -2.25. The number of amides is 1. The van der Waals surface area contributed by atoms with Crippen LogP contribution >= 0.6 is 0 Å². The van der Waals surface area contributed by atoms with Crippen LogP contribution in [0.1, 0.15) is 58.9 Å². The number of ketones is 1. The molecule has 1 heterocycles. The average Bonchev–Trinajstić information content (AvgIpc) is 2.78. The van der Waals surface area contributed by atoms with E-state index in [1.165, 1.54) is 0 Å². The maximum atomic E-state index is 12.8. The first-order valence-corrected chi connectivity index (χ1v) is 8.42. The van der Waals surface area contributed by atoms with Gasteiger partial charge < -0.3 is 9.64 Å². The predicted molar refractivity (Wildman–Crippen MR) is 90.9 cm³/mol. The van der Waals surface area contributed by atoms with Crippen molar-refractivity contribution in [3.63, 3.8) is 0 Å². The fraction of sp³-hybridized carbons (Fsp3) is 0.579. The number of hydrogen-bond donors (Lipinski definition) is 0. The molecule has 0 saturated carbocycles. The molecule has 1 saturated heterocycles. The summed E-state index contributed by atoms with van der Waals surface area (Å²) in [5, 5.41) is 0. The van der Waals surface area contributed by atoms with E-state index in [1.54, 1.807) is 20.1 Å². The van der Waals surface area contributed by atoms with Crippen molar-refractivity contribution in [2.75, 3.05) is 26.8 Å². The normalized spacial score (nSPS) is 18.6. The first-order valence-electron chi connectivity index (χ1n) is 8.42. The number of methoxy groups -OCH3 is 1. The van der Waals surface area contributed by atoms with Gasteiger partial charge in [0.2, 0.25) is 0 Å². The van der Waals surface area contributed by atoms with Gasteiger partial charge in [0, 0.05) is 37.9 Å². The molecule has 0 radical (unpaired) electrons. The van der Waals surface area contributed by atoms with Crippen LogP contribution in [0.15, 0.2) is 18.2 Å². The second-order valence-electron chi connectivity index (χ2n) is 6.48. The second kappa shape index (κ2) is 8.25. The summed E-state index contributed by atoms with van der Waals surface area (Å²) in [6.07, 6.45) is 4.35. The van der Waals surface area contributed by atoms with Crippen LogP contribution in [0.25, 0.3) is 0 Å². The number of carbonyl (C=O) groups is 2. The van der Waals surface area contributed by atoms with E-state index in [9.17, 15) is 9.59 Å². The zero-order chi connectivity index (χ0) is 16.8.